The maximum absolute atomic E-state index is 13.3. The Morgan fingerprint density at radius 3 is 2.58 bits per heavy atom. The summed E-state index contributed by atoms with van der Waals surface area (Å²) in [5.41, 5.74) is 2.53. The van der Waals surface area contributed by atoms with E-state index >= 15 is 0 Å². The van der Waals surface area contributed by atoms with Crippen LogP contribution in [-0.4, -0.2) is 21.6 Å². The van der Waals surface area contributed by atoms with Crippen LogP contribution in [0.5, 0.6) is 0 Å². The lowest BCUT2D eigenvalue weighted by Gasteiger charge is -2.12. The first-order chi connectivity index (χ1) is 14.9. The van der Waals surface area contributed by atoms with Crippen LogP contribution in [0, 0.1) is 11.6 Å². The van der Waals surface area contributed by atoms with Crippen LogP contribution in [0.15, 0.2) is 42.5 Å². The summed E-state index contributed by atoms with van der Waals surface area (Å²) in [6.07, 6.45) is 0. The normalized spacial score (nSPS) is 12.5. The van der Waals surface area contributed by atoms with Gasteiger partial charge in [0.2, 0.25) is 5.91 Å². The Labute approximate surface area is 186 Å². The molecule has 4 rings (SSSR count). The van der Waals surface area contributed by atoms with Crippen molar-refractivity contribution in [2.75, 3.05) is 5.32 Å². The molecule has 10 heteroatoms. The third-order valence-corrected chi connectivity index (χ3v) is 6.01. The van der Waals surface area contributed by atoms with Crippen LogP contribution < -0.4 is 10.6 Å². The molecule has 0 fully saturated rings. The number of rotatable bonds is 6. The van der Waals surface area contributed by atoms with Gasteiger partial charge in [0.1, 0.15) is 24.0 Å². The molecule has 2 amide bonds. The minimum atomic E-state index is -0.540. The molecule has 1 aliphatic rings. The highest BCUT2D eigenvalue weighted by atomic mass is 35.5. The molecule has 31 heavy (non-hydrogen) atoms. The Kier molecular flexibility index (Phi) is 6.24. The molecule has 2 aromatic carbocycles. The number of hydrogen-bond donors (Lipinski definition) is 2. The number of halogens is 3. The summed E-state index contributed by atoms with van der Waals surface area (Å²) in [7, 11) is 0. The van der Waals surface area contributed by atoms with E-state index in [4.69, 9.17) is 11.6 Å². The van der Waals surface area contributed by atoms with Crippen LogP contribution in [0.25, 0.3) is 0 Å². The van der Waals surface area contributed by atoms with Crippen molar-refractivity contribution in [3.05, 3.63) is 81.5 Å². The smallest absolute Gasteiger partial charge is 0.258 e. The molecule has 160 valence electrons. The highest BCUT2D eigenvalue weighted by Gasteiger charge is 2.25. The van der Waals surface area contributed by atoms with Crippen LogP contribution in [0.2, 0.25) is 5.02 Å². The summed E-state index contributed by atoms with van der Waals surface area (Å²) < 4.78 is 27.7. The molecule has 0 saturated heterocycles. The molecule has 2 N–H and O–H groups in total. The van der Waals surface area contributed by atoms with E-state index in [-0.39, 0.29) is 35.4 Å². The van der Waals surface area contributed by atoms with Gasteiger partial charge in [0.05, 0.1) is 16.3 Å². The topological polar surface area (TPSA) is 76.0 Å². The second kappa shape index (κ2) is 9.07. The fourth-order valence-electron chi connectivity index (χ4n) is 3.16. The second-order valence-corrected chi connectivity index (χ2v) is 8.30. The molecule has 2 heterocycles. The molecule has 0 saturated carbocycles. The molecule has 0 bridgehead atoms. The van der Waals surface area contributed by atoms with Crippen molar-refractivity contribution in [1.29, 1.82) is 0 Å². The number of carbonyl (C=O) groups excluding carboxylic acids is 2. The predicted molar refractivity (Wildman–Crippen MR) is 115 cm³/mol. The van der Waals surface area contributed by atoms with E-state index in [1.54, 1.807) is 23.9 Å². The third-order valence-electron chi connectivity index (χ3n) is 4.72. The molecule has 0 radical (unpaired) electrons. The highest BCUT2D eigenvalue weighted by Crippen LogP contribution is 2.35. The first-order valence-corrected chi connectivity index (χ1v) is 10.9. The minimum Gasteiger partial charge on any atom is -0.350 e. The van der Waals surface area contributed by atoms with Crippen molar-refractivity contribution < 1.29 is 18.4 Å². The molecular weight excluding hydrogens is 446 g/mol. The molecule has 0 atom stereocenters. The number of fused-ring (bicyclic) bond motifs is 1. The fraction of sp³-hybridized carbons (Fsp3) is 0.190. The van der Waals surface area contributed by atoms with E-state index in [9.17, 15) is 18.4 Å². The lowest BCUT2D eigenvalue weighted by molar-refractivity contribution is -0.122. The summed E-state index contributed by atoms with van der Waals surface area (Å²) in [6, 6.07) is 9.36. The second-order valence-electron chi connectivity index (χ2n) is 6.91. The summed E-state index contributed by atoms with van der Waals surface area (Å²) >= 11 is 7.65. The van der Waals surface area contributed by atoms with Gasteiger partial charge in [-0.25, -0.2) is 13.5 Å². The fourth-order valence-corrected chi connectivity index (χ4v) is 4.45. The molecule has 6 nitrogen and oxygen atoms in total. The number of carbonyl (C=O) groups is 2. The summed E-state index contributed by atoms with van der Waals surface area (Å²) in [5.74, 6) is 0.0367. The monoisotopic (exact) mass is 462 g/mol. The van der Waals surface area contributed by atoms with Crippen LogP contribution >= 0.6 is 23.4 Å². The molecule has 1 aliphatic heterocycles. The number of amides is 2. The summed E-state index contributed by atoms with van der Waals surface area (Å²) in [4.78, 5) is 25.2. The van der Waals surface area contributed by atoms with Crippen LogP contribution in [0.4, 0.5) is 14.6 Å². The number of nitrogens with zero attached hydrogens (tertiary/aromatic N) is 2. The average molecular weight is 463 g/mol. The Hall–Kier alpha value is -2.91. The molecule has 0 aliphatic carbocycles. The zero-order chi connectivity index (χ0) is 22.0. The number of aromatic nitrogens is 2. The van der Waals surface area contributed by atoms with E-state index in [0.29, 0.717) is 17.3 Å². The van der Waals surface area contributed by atoms with Gasteiger partial charge in [-0.15, -0.1) is 0 Å². The highest BCUT2D eigenvalue weighted by molar-refractivity contribution is 7.98. The number of benzene rings is 2. The maximum Gasteiger partial charge on any atom is 0.258 e. The van der Waals surface area contributed by atoms with Crippen molar-refractivity contribution in [3.63, 3.8) is 0 Å². The van der Waals surface area contributed by atoms with Crippen LogP contribution in [0.3, 0.4) is 0 Å². The molecule has 1 aromatic heterocycles. The molecule has 3 aromatic rings. The predicted octanol–water partition coefficient (Wildman–Crippen LogP) is 4.13. The van der Waals surface area contributed by atoms with Crippen molar-refractivity contribution in [1.82, 2.24) is 15.1 Å². The molecule has 0 unspecified atom stereocenters. The number of hydrogen-bond acceptors (Lipinski definition) is 4. The van der Waals surface area contributed by atoms with Crippen LogP contribution in [0.1, 0.15) is 27.2 Å². The Morgan fingerprint density at radius 1 is 1.10 bits per heavy atom. The number of thioether (sulfide) groups is 1. The van der Waals surface area contributed by atoms with Gasteiger partial charge in [-0.3, -0.25) is 9.59 Å². The lowest BCUT2D eigenvalue weighted by Crippen LogP contribution is -2.29. The van der Waals surface area contributed by atoms with Crippen molar-refractivity contribution >= 4 is 41.0 Å². The molecular formula is C21H17ClF2N4O2S. The standard InChI is InChI=1S/C21H17ClF2N4O2S/c22-17-7-14(24)5-6-15(17)21(30)26-20-16-10-31-11-18(16)27-28(20)9-19(29)25-8-12-1-3-13(23)4-2-12/h1-7H,8-11H2,(H,25,29)(H,26,30). The summed E-state index contributed by atoms with van der Waals surface area (Å²) in [5, 5.41) is 9.98. The van der Waals surface area contributed by atoms with Crippen molar-refractivity contribution in [2.24, 2.45) is 0 Å². The van der Waals surface area contributed by atoms with Gasteiger partial charge in [0.15, 0.2) is 0 Å². The Morgan fingerprint density at radius 2 is 1.84 bits per heavy atom. The lowest BCUT2D eigenvalue weighted by atomic mass is 10.2. The van der Waals surface area contributed by atoms with Gasteiger partial charge >= 0.3 is 0 Å². The van der Waals surface area contributed by atoms with E-state index in [0.717, 1.165) is 29.0 Å². The van der Waals surface area contributed by atoms with E-state index in [1.165, 1.54) is 22.9 Å². The quantitative estimate of drug-likeness (QED) is 0.577. The third kappa shape index (κ3) is 4.88. The number of nitrogens with one attached hydrogen (secondary N) is 2. The van der Waals surface area contributed by atoms with Gasteiger partial charge < -0.3 is 10.6 Å². The van der Waals surface area contributed by atoms with Gasteiger partial charge in [0.25, 0.3) is 5.91 Å². The zero-order valence-electron chi connectivity index (χ0n) is 16.1. The maximum atomic E-state index is 13.3. The van der Waals surface area contributed by atoms with Gasteiger partial charge in [-0.05, 0) is 35.9 Å². The Balaban J connectivity index is 1.49. The van der Waals surface area contributed by atoms with Gasteiger partial charge in [-0.1, -0.05) is 23.7 Å². The van der Waals surface area contributed by atoms with E-state index < -0.39 is 11.7 Å². The van der Waals surface area contributed by atoms with E-state index in [1.807, 2.05) is 0 Å². The number of anilines is 1. The van der Waals surface area contributed by atoms with Crippen LogP contribution in [-0.2, 0) is 29.4 Å². The van der Waals surface area contributed by atoms with Crippen molar-refractivity contribution in [2.45, 2.75) is 24.6 Å². The Bertz CT molecular complexity index is 1150. The minimum absolute atomic E-state index is 0.00775. The van der Waals surface area contributed by atoms with Crippen molar-refractivity contribution in [3.8, 4) is 0 Å². The zero-order valence-corrected chi connectivity index (χ0v) is 17.7. The van der Waals surface area contributed by atoms with Gasteiger partial charge in [-0.2, -0.15) is 16.9 Å². The largest absolute Gasteiger partial charge is 0.350 e. The first-order valence-electron chi connectivity index (χ1n) is 9.34. The summed E-state index contributed by atoms with van der Waals surface area (Å²) in [6.45, 7) is 0.133. The first kappa shape index (κ1) is 21.3. The average Bonchev–Trinajstić information content (AvgIpc) is 3.30. The molecule has 0 spiro atoms. The van der Waals surface area contributed by atoms with Gasteiger partial charge in [0, 0.05) is 23.6 Å². The van der Waals surface area contributed by atoms with E-state index in [2.05, 4.69) is 15.7 Å². The SMILES string of the molecule is O=C(Cn1nc2c(c1NC(=O)c1ccc(F)cc1Cl)CSC2)NCc1ccc(F)cc1.